The predicted molar refractivity (Wildman–Crippen MR) is 94.8 cm³/mol. The molecule has 3 rings (SSSR count). The number of halogens is 2. The highest BCUT2D eigenvalue weighted by molar-refractivity contribution is 6.30. The van der Waals surface area contributed by atoms with Crippen LogP contribution in [0.5, 0.6) is 5.75 Å². The normalized spacial score (nSPS) is 10.7. The molecular formula is C18H14Cl2O3. The van der Waals surface area contributed by atoms with Gasteiger partial charge in [0.15, 0.2) is 5.76 Å². The Hall–Kier alpha value is -2.23. The van der Waals surface area contributed by atoms with Gasteiger partial charge in [-0.3, -0.25) is 4.79 Å². The van der Waals surface area contributed by atoms with Crippen molar-refractivity contribution >= 4 is 46.6 Å². The first-order valence-corrected chi connectivity index (χ1v) is 7.09. The minimum atomic E-state index is -0.213. The fraction of sp³-hybridized carbons (Fsp3) is 0.0556. The molecule has 0 amide bonds. The van der Waals surface area contributed by atoms with Gasteiger partial charge in [-0.25, -0.2) is 0 Å². The van der Waals surface area contributed by atoms with Crippen molar-refractivity contribution in [1.82, 2.24) is 0 Å². The second kappa shape index (κ2) is 7.36. The molecule has 0 aliphatic carbocycles. The van der Waals surface area contributed by atoms with Crippen LogP contribution in [0.25, 0.3) is 16.8 Å². The van der Waals surface area contributed by atoms with Crippen LogP contribution in [0.4, 0.5) is 0 Å². The number of allylic oxidation sites excluding steroid dienone is 1. The van der Waals surface area contributed by atoms with Crippen LogP contribution in [0.15, 0.2) is 59.2 Å². The summed E-state index contributed by atoms with van der Waals surface area (Å²) in [5, 5.41) is 2.18. The summed E-state index contributed by atoms with van der Waals surface area (Å²) in [6, 6.07) is 12.8. The Morgan fingerprint density at radius 1 is 1.17 bits per heavy atom. The van der Waals surface area contributed by atoms with E-state index in [9.17, 15) is 4.79 Å². The van der Waals surface area contributed by atoms with Gasteiger partial charge in [-0.05, 0) is 29.8 Å². The second-order valence-electron chi connectivity index (χ2n) is 4.74. The minimum Gasteiger partial charge on any atom is -0.496 e. The first-order chi connectivity index (χ1) is 10.7. The first kappa shape index (κ1) is 17.1. The molecule has 1 aromatic heterocycles. The summed E-state index contributed by atoms with van der Waals surface area (Å²) >= 11 is 5.83. The maximum Gasteiger partial charge on any atom is 0.221 e. The highest BCUT2D eigenvalue weighted by Gasteiger charge is 2.16. The molecule has 0 radical (unpaired) electrons. The van der Waals surface area contributed by atoms with Gasteiger partial charge in [-0.2, -0.15) is 0 Å². The van der Waals surface area contributed by atoms with Crippen molar-refractivity contribution in [2.24, 2.45) is 0 Å². The maximum absolute atomic E-state index is 12.4. The molecule has 2 aromatic carbocycles. The van der Waals surface area contributed by atoms with Crippen molar-refractivity contribution < 1.29 is 13.9 Å². The van der Waals surface area contributed by atoms with Crippen LogP contribution in [0, 0.1) is 0 Å². The number of hydrogen-bond donors (Lipinski definition) is 0. The van der Waals surface area contributed by atoms with Crippen LogP contribution in [0.1, 0.15) is 16.1 Å². The lowest BCUT2D eigenvalue weighted by Crippen LogP contribution is -1.94. The third-order valence-corrected chi connectivity index (χ3v) is 3.58. The molecule has 5 heteroatoms. The molecule has 0 bridgehead atoms. The smallest absolute Gasteiger partial charge is 0.221 e. The molecule has 3 aromatic rings. The number of furan rings is 1. The molecular weight excluding hydrogens is 335 g/mol. The molecule has 0 fully saturated rings. The van der Waals surface area contributed by atoms with Gasteiger partial charge < -0.3 is 9.15 Å². The predicted octanol–water partition coefficient (Wildman–Crippen LogP) is 5.41. The lowest BCUT2D eigenvalue weighted by molar-refractivity contribution is 0.102. The van der Waals surface area contributed by atoms with E-state index in [0.717, 1.165) is 10.9 Å². The molecule has 3 nitrogen and oxygen atoms in total. The van der Waals surface area contributed by atoms with Gasteiger partial charge in [-0.15, -0.1) is 12.4 Å². The third-order valence-electron chi connectivity index (χ3n) is 3.33. The quantitative estimate of drug-likeness (QED) is 0.467. The number of methoxy groups -OCH3 is 1. The molecule has 0 unspecified atom stereocenters. The number of carbonyl (C=O) groups is 1. The topological polar surface area (TPSA) is 39.4 Å². The minimum absolute atomic E-state index is 0. The van der Waals surface area contributed by atoms with E-state index in [1.165, 1.54) is 6.08 Å². The molecule has 0 atom stereocenters. The van der Waals surface area contributed by atoms with E-state index in [0.29, 0.717) is 16.2 Å². The zero-order chi connectivity index (χ0) is 15.5. The molecule has 0 saturated carbocycles. The van der Waals surface area contributed by atoms with Crippen molar-refractivity contribution in [2.75, 3.05) is 7.11 Å². The first-order valence-electron chi connectivity index (χ1n) is 6.71. The number of carbonyl (C=O) groups excluding carboxylic acids is 1. The summed E-state index contributed by atoms with van der Waals surface area (Å²) in [7, 11) is 1.57. The van der Waals surface area contributed by atoms with Crippen LogP contribution in [-0.2, 0) is 0 Å². The van der Waals surface area contributed by atoms with Gasteiger partial charge in [0.2, 0.25) is 5.78 Å². The van der Waals surface area contributed by atoms with Gasteiger partial charge in [0.25, 0.3) is 0 Å². The van der Waals surface area contributed by atoms with Gasteiger partial charge >= 0.3 is 0 Å². The fourth-order valence-corrected chi connectivity index (χ4v) is 2.37. The second-order valence-corrected chi connectivity index (χ2v) is 5.17. The van der Waals surface area contributed by atoms with Gasteiger partial charge in [0.1, 0.15) is 5.75 Å². The molecule has 0 saturated heterocycles. The largest absolute Gasteiger partial charge is 0.496 e. The van der Waals surface area contributed by atoms with E-state index in [1.807, 2.05) is 24.3 Å². The van der Waals surface area contributed by atoms with Gasteiger partial charge in [-0.1, -0.05) is 41.9 Å². The third kappa shape index (κ3) is 3.58. The van der Waals surface area contributed by atoms with E-state index in [4.69, 9.17) is 20.8 Å². The van der Waals surface area contributed by atoms with E-state index < -0.39 is 0 Å². The SMILES string of the molecule is COc1cccc2coc(C(=O)C=Cc3ccc(Cl)cc3)c12.Cl. The number of ether oxygens (including phenoxy) is 1. The Bertz CT molecular complexity index is 848. The molecule has 118 valence electrons. The summed E-state index contributed by atoms with van der Waals surface area (Å²) in [6.45, 7) is 0. The Kier molecular flexibility index (Phi) is 5.48. The Balaban J connectivity index is 0.00000192. The van der Waals surface area contributed by atoms with Crippen LogP contribution < -0.4 is 4.74 Å². The number of benzene rings is 2. The Morgan fingerprint density at radius 3 is 2.61 bits per heavy atom. The van der Waals surface area contributed by atoms with Crippen molar-refractivity contribution in [1.29, 1.82) is 0 Å². The Labute approximate surface area is 144 Å². The fourth-order valence-electron chi connectivity index (χ4n) is 2.24. The molecule has 1 heterocycles. The number of rotatable bonds is 4. The van der Waals surface area contributed by atoms with Crippen molar-refractivity contribution in [3.8, 4) is 5.75 Å². The molecule has 23 heavy (non-hydrogen) atoms. The number of fused-ring (bicyclic) bond motifs is 1. The van der Waals surface area contributed by atoms with Crippen LogP contribution in [0.2, 0.25) is 5.02 Å². The van der Waals surface area contributed by atoms with Crippen LogP contribution in [0.3, 0.4) is 0 Å². The molecule has 0 spiro atoms. The van der Waals surface area contributed by atoms with Crippen LogP contribution >= 0.6 is 24.0 Å². The highest BCUT2D eigenvalue weighted by atomic mass is 35.5. The summed E-state index contributed by atoms with van der Waals surface area (Å²) < 4.78 is 10.7. The van der Waals surface area contributed by atoms with Gasteiger partial charge in [0, 0.05) is 10.4 Å². The number of hydrogen-bond acceptors (Lipinski definition) is 3. The van der Waals surface area contributed by atoms with E-state index in [1.54, 1.807) is 37.6 Å². The maximum atomic E-state index is 12.4. The van der Waals surface area contributed by atoms with Crippen molar-refractivity contribution in [3.63, 3.8) is 0 Å². The van der Waals surface area contributed by atoms with E-state index in [-0.39, 0.29) is 24.0 Å². The zero-order valence-electron chi connectivity index (χ0n) is 12.3. The monoisotopic (exact) mass is 348 g/mol. The lowest BCUT2D eigenvalue weighted by Gasteiger charge is -2.01. The van der Waals surface area contributed by atoms with Crippen molar-refractivity contribution in [2.45, 2.75) is 0 Å². The molecule has 0 aliphatic heterocycles. The summed E-state index contributed by atoms with van der Waals surface area (Å²) in [5.74, 6) is 0.682. The molecule has 0 aliphatic rings. The molecule has 0 N–H and O–H groups in total. The average Bonchev–Trinajstić information content (AvgIpc) is 2.98. The van der Waals surface area contributed by atoms with E-state index in [2.05, 4.69) is 0 Å². The Morgan fingerprint density at radius 2 is 1.91 bits per heavy atom. The van der Waals surface area contributed by atoms with Crippen molar-refractivity contribution in [3.05, 3.63) is 71.2 Å². The zero-order valence-corrected chi connectivity index (χ0v) is 13.9. The van der Waals surface area contributed by atoms with Crippen LogP contribution in [-0.4, -0.2) is 12.9 Å². The summed E-state index contributed by atoms with van der Waals surface area (Å²) in [4.78, 5) is 12.4. The van der Waals surface area contributed by atoms with Gasteiger partial charge in [0.05, 0.1) is 18.8 Å². The van der Waals surface area contributed by atoms with E-state index >= 15 is 0 Å². The average molecular weight is 349 g/mol. The highest BCUT2D eigenvalue weighted by Crippen LogP contribution is 2.30. The summed E-state index contributed by atoms with van der Waals surface area (Å²) in [5.41, 5.74) is 0.889. The standard InChI is InChI=1S/C18H13ClO3.ClH/c1-21-16-4-2-3-13-11-22-18(17(13)16)15(20)10-7-12-5-8-14(19)9-6-12;/h2-11H,1H3;1H. The summed E-state index contributed by atoms with van der Waals surface area (Å²) in [6.07, 6.45) is 4.76. The lowest BCUT2D eigenvalue weighted by atomic mass is 10.1. The number of ketones is 1.